The maximum Gasteiger partial charge on any atom is 0.0741 e. The lowest BCUT2D eigenvalue weighted by Gasteiger charge is -1.99. The van der Waals surface area contributed by atoms with E-state index >= 15 is 0 Å². The Labute approximate surface area is 66.0 Å². The molecule has 1 nitrogen and oxygen atoms in total. The molecule has 0 aromatic heterocycles. The summed E-state index contributed by atoms with van der Waals surface area (Å²) in [5, 5.41) is 9.87. The van der Waals surface area contributed by atoms with Crippen LogP contribution in [0.15, 0.2) is 22.8 Å². The van der Waals surface area contributed by atoms with Gasteiger partial charge in [-0.1, -0.05) is 17.7 Å². The fourth-order valence-corrected chi connectivity index (χ4v) is 1.17. The molecular formula is C8H11ClO. The van der Waals surface area contributed by atoms with E-state index < -0.39 is 0 Å². The maximum atomic E-state index is 9.18. The van der Waals surface area contributed by atoms with Crippen LogP contribution in [0, 0.1) is 0 Å². The molecule has 0 heterocycles. The summed E-state index contributed by atoms with van der Waals surface area (Å²) in [6, 6.07) is 0. The molecule has 1 atom stereocenters. The third kappa shape index (κ3) is 1.86. The first kappa shape index (κ1) is 7.83. The highest BCUT2D eigenvalue weighted by molar-refractivity contribution is 6.31. The molecule has 0 radical (unpaired) electrons. The van der Waals surface area contributed by atoms with Crippen molar-refractivity contribution in [3.63, 3.8) is 0 Å². The predicted molar refractivity (Wildman–Crippen MR) is 42.9 cm³/mol. The summed E-state index contributed by atoms with van der Waals surface area (Å²) in [6.07, 6.45) is 5.09. The quantitative estimate of drug-likeness (QED) is 0.573. The number of hydrogen-bond acceptors (Lipinski definition) is 1. The molecule has 0 saturated heterocycles. The van der Waals surface area contributed by atoms with E-state index in [4.69, 9.17) is 11.6 Å². The van der Waals surface area contributed by atoms with Gasteiger partial charge in [-0.2, -0.15) is 0 Å². The molecule has 10 heavy (non-hydrogen) atoms. The summed E-state index contributed by atoms with van der Waals surface area (Å²) in [5.74, 6) is 0. The number of aliphatic hydroxyl groups excluding tert-OH is 1. The normalized spacial score (nSPS) is 26.9. The van der Waals surface area contributed by atoms with Gasteiger partial charge in [0.2, 0.25) is 0 Å². The van der Waals surface area contributed by atoms with Gasteiger partial charge in [-0.25, -0.2) is 0 Å². The molecule has 0 saturated carbocycles. The molecule has 1 unspecified atom stereocenters. The van der Waals surface area contributed by atoms with Crippen LogP contribution in [-0.2, 0) is 0 Å². The van der Waals surface area contributed by atoms with Crippen LogP contribution in [0.2, 0.25) is 0 Å². The van der Waals surface area contributed by atoms with Crippen molar-refractivity contribution >= 4 is 11.6 Å². The van der Waals surface area contributed by atoms with Crippen LogP contribution >= 0.6 is 11.6 Å². The van der Waals surface area contributed by atoms with Crippen molar-refractivity contribution in [2.75, 3.05) is 0 Å². The zero-order chi connectivity index (χ0) is 7.56. The third-order valence-electron chi connectivity index (χ3n) is 1.63. The minimum absolute atomic E-state index is 0.360. The van der Waals surface area contributed by atoms with Gasteiger partial charge in [0, 0.05) is 5.03 Å². The summed E-state index contributed by atoms with van der Waals surface area (Å²) < 4.78 is 0. The topological polar surface area (TPSA) is 20.2 Å². The van der Waals surface area contributed by atoms with Crippen molar-refractivity contribution in [2.24, 2.45) is 0 Å². The smallest absolute Gasteiger partial charge is 0.0741 e. The minimum Gasteiger partial charge on any atom is -0.389 e. The monoisotopic (exact) mass is 158 g/mol. The molecule has 0 bridgehead atoms. The Kier molecular flexibility index (Phi) is 2.52. The fraction of sp³-hybridized carbons (Fsp3) is 0.500. The molecule has 1 N–H and O–H groups in total. The molecule has 0 spiro atoms. The Morgan fingerprint density at radius 3 is 3.10 bits per heavy atom. The van der Waals surface area contributed by atoms with Gasteiger partial charge in [-0.3, -0.25) is 0 Å². The highest BCUT2D eigenvalue weighted by Gasteiger charge is 2.06. The molecule has 0 aromatic rings. The van der Waals surface area contributed by atoms with Gasteiger partial charge in [0.05, 0.1) is 6.10 Å². The summed E-state index contributed by atoms with van der Waals surface area (Å²) in [4.78, 5) is 0. The Bertz CT molecular complexity index is 182. The van der Waals surface area contributed by atoms with E-state index in [-0.39, 0.29) is 6.10 Å². The zero-order valence-corrected chi connectivity index (χ0v) is 6.73. The number of rotatable bonds is 0. The SMILES string of the molecule is CC1=CCCC(O)C=C1Cl. The molecule has 0 fully saturated rings. The van der Waals surface area contributed by atoms with Gasteiger partial charge < -0.3 is 5.11 Å². The first-order chi connectivity index (χ1) is 4.70. The van der Waals surface area contributed by atoms with E-state index in [9.17, 15) is 5.11 Å². The maximum absolute atomic E-state index is 9.18. The van der Waals surface area contributed by atoms with Gasteiger partial charge in [0.1, 0.15) is 0 Å². The van der Waals surface area contributed by atoms with E-state index in [0.29, 0.717) is 5.03 Å². The largest absolute Gasteiger partial charge is 0.389 e. The van der Waals surface area contributed by atoms with Gasteiger partial charge in [-0.05, 0) is 31.4 Å². The summed E-state index contributed by atoms with van der Waals surface area (Å²) in [6.45, 7) is 1.96. The van der Waals surface area contributed by atoms with Gasteiger partial charge in [0.25, 0.3) is 0 Å². The summed E-state index contributed by atoms with van der Waals surface area (Å²) >= 11 is 5.80. The highest BCUT2D eigenvalue weighted by atomic mass is 35.5. The first-order valence-electron chi connectivity index (χ1n) is 3.42. The molecule has 1 rings (SSSR count). The fourth-order valence-electron chi connectivity index (χ4n) is 0.952. The number of hydrogen-bond donors (Lipinski definition) is 1. The average Bonchev–Trinajstić information content (AvgIpc) is 1.96. The van der Waals surface area contributed by atoms with E-state index in [1.165, 1.54) is 0 Å². The average molecular weight is 159 g/mol. The second kappa shape index (κ2) is 3.22. The standard InChI is InChI=1S/C8H11ClO/c1-6-3-2-4-7(10)5-8(6)9/h3,5,7,10H,2,4H2,1H3. The van der Waals surface area contributed by atoms with Crippen molar-refractivity contribution in [3.05, 3.63) is 22.8 Å². The minimum atomic E-state index is -0.360. The Balaban J connectivity index is 2.77. The Morgan fingerprint density at radius 1 is 1.70 bits per heavy atom. The molecular weight excluding hydrogens is 148 g/mol. The second-order valence-electron chi connectivity index (χ2n) is 2.55. The van der Waals surface area contributed by atoms with Crippen LogP contribution in [0.4, 0.5) is 0 Å². The van der Waals surface area contributed by atoms with E-state index in [1.54, 1.807) is 6.08 Å². The van der Waals surface area contributed by atoms with Crippen molar-refractivity contribution in [3.8, 4) is 0 Å². The van der Waals surface area contributed by atoms with Crippen molar-refractivity contribution in [2.45, 2.75) is 25.9 Å². The van der Waals surface area contributed by atoms with E-state index in [2.05, 4.69) is 6.08 Å². The number of aliphatic hydroxyl groups is 1. The lowest BCUT2D eigenvalue weighted by molar-refractivity contribution is 0.214. The van der Waals surface area contributed by atoms with Crippen LogP contribution in [0.3, 0.4) is 0 Å². The summed E-state index contributed by atoms with van der Waals surface area (Å²) in [7, 11) is 0. The molecule has 56 valence electrons. The lowest BCUT2D eigenvalue weighted by atomic mass is 10.2. The third-order valence-corrected chi connectivity index (χ3v) is 2.05. The predicted octanol–water partition coefficient (Wildman–Crippen LogP) is 2.21. The van der Waals surface area contributed by atoms with Crippen LogP contribution < -0.4 is 0 Å². The van der Waals surface area contributed by atoms with Gasteiger partial charge in [0.15, 0.2) is 0 Å². The van der Waals surface area contributed by atoms with Crippen LogP contribution in [-0.4, -0.2) is 11.2 Å². The second-order valence-corrected chi connectivity index (χ2v) is 2.95. The van der Waals surface area contributed by atoms with Crippen molar-refractivity contribution < 1.29 is 5.11 Å². The van der Waals surface area contributed by atoms with Crippen molar-refractivity contribution in [1.82, 2.24) is 0 Å². The summed E-state index contributed by atoms with van der Waals surface area (Å²) in [5.41, 5.74) is 1.07. The van der Waals surface area contributed by atoms with Crippen LogP contribution in [0.5, 0.6) is 0 Å². The number of halogens is 1. The molecule has 2 heteroatoms. The van der Waals surface area contributed by atoms with Gasteiger partial charge >= 0.3 is 0 Å². The molecule has 0 aromatic carbocycles. The first-order valence-corrected chi connectivity index (χ1v) is 3.80. The van der Waals surface area contributed by atoms with E-state index in [0.717, 1.165) is 18.4 Å². The van der Waals surface area contributed by atoms with E-state index in [1.807, 2.05) is 6.92 Å². The van der Waals surface area contributed by atoms with Gasteiger partial charge in [-0.15, -0.1) is 0 Å². The lowest BCUT2D eigenvalue weighted by Crippen LogP contribution is -1.99. The van der Waals surface area contributed by atoms with Crippen LogP contribution in [0.1, 0.15) is 19.8 Å². The zero-order valence-electron chi connectivity index (χ0n) is 5.97. The molecule has 0 amide bonds. The van der Waals surface area contributed by atoms with Crippen molar-refractivity contribution in [1.29, 1.82) is 0 Å². The highest BCUT2D eigenvalue weighted by Crippen LogP contribution is 2.20. The molecule has 1 aliphatic rings. The Morgan fingerprint density at radius 2 is 2.40 bits per heavy atom. The number of allylic oxidation sites excluding steroid dienone is 3. The Hall–Kier alpha value is -0.270. The van der Waals surface area contributed by atoms with Crippen LogP contribution in [0.25, 0.3) is 0 Å². The molecule has 0 aliphatic heterocycles. The molecule has 1 aliphatic carbocycles.